The molecule has 1 aliphatic rings. The van der Waals surface area contributed by atoms with Gasteiger partial charge in [-0.2, -0.15) is 0 Å². The molecule has 7 heteroatoms. The van der Waals surface area contributed by atoms with Crippen LogP contribution in [0.25, 0.3) is 5.69 Å². The summed E-state index contributed by atoms with van der Waals surface area (Å²) in [5.41, 5.74) is 0.841. The first-order valence-corrected chi connectivity index (χ1v) is 7.07. The molecule has 1 aromatic carbocycles. The fourth-order valence-corrected chi connectivity index (χ4v) is 3.65. The number of benzene rings is 1. The van der Waals surface area contributed by atoms with Crippen LogP contribution >= 0.6 is 0 Å². The molecule has 0 saturated heterocycles. The van der Waals surface area contributed by atoms with Crippen LogP contribution in [0.5, 0.6) is 0 Å². The first kappa shape index (κ1) is 11.2. The number of nitrogens with one attached hydrogen (secondary N) is 1. The second-order valence-electron chi connectivity index (χ2n) is 4.21. The molecule has 1 N–H and O–H groups in total. The van der Waals surface area contributed by atoms with Crippen molar-refractivity contribution in [1.29, 1.82) is 0 Å². The Labute approximate surface area is 102 Å². The average molecular weight is 268 g/mol. The van der Waals surface area contributed by atoms with E-state index in [4.69, 9.17) is 0 Å². The van der Waals surface area contributed by atoms with Crippen molar-refractivity contribution < 1.29 is 12.8 Å². The van der Waals surface area contributed by atoms with Crippen LogP contribution in [0.4, 0.5) is 4.39 Å². The quantitative estimate of drug-likeness (QED) is 0.829. The van der Waals surface area contributed by atoms with Gasteiger partial charge in [0.25, 0.3) is 5.56 Å². The van der Waals surface area contributed by atoms with Crippen LogP contribution in [0.3, 0.4) is 0 Å². The standard InChI is InChI=1S/C11H9FN2O3S/c12-7-1-3-8(4-2-7)14-10-6-18(16,17)5-9(10)11(15)13-14/h1-4H,5-6H2,(H,13,15). The van der Waals surface area contributed by atoms with Gasteiger partial charge in [-0.25, -0.2) is 12.8 Å². The zero-order valence-electron chi connectivity index (χ0n) is 9.18. The molecule has 3 rings (SSSR count). The summed E-state index contributed by atoms with van der Waals surface area (Å²) in [6.07, 6.45) is 0. The molecule has 0 spiro atoms. The Morgan fingerprint density at radius 1 is 1.17 bits per heavy atom. The second-order valence-corrected chi connectivity index (χ2v) is 6.27. The van der Waals surface area contributed by atoms with E-state index in [1.165, 1.54) is 28.9 Å². The number of nitrogens with zero attached hydrogens (tertiary/aromatic N) is 1. The van der Waals surface area contributed by atoms with E-state index in [0.29, 0.717) is 11.4 Å². The molecule has 1 aromatic heterocycles. The van der Waals surface area contributed by atoms with E-state index in [1.54, 1.807) is 0 Å². The zero-order valence-corrected chi connectivity index (χ0v) is 10.00. The molecule has 0 fully saturated rings. The second kappa shape index (κ2) is 3.55. The molecule has 0 atom stereocenters. The van der Waals surface area contributed by atoms with E-state index < -0.39 is 21.2 Å². The van der Waals surface area contributed by atoms with Crippen LogP contribution in [-0.4, -0.2) is 18.2 Å². The predicted molar refractivity (Wildman–Crippen MR) is 62.7 cm³/mol. The Kier molecular flexibility index (Phi) is 2.21. The molecule has 0 amide bonds. The Morgan fingerprint density at radius 3 is 2.50 bits per heavy atom. The molecule has 2 heterocycles. The van der Waals surface area contributed by atoms with E-state index in [2.05, 4.69) is 5.10 Å². The molecule has 0 radical (unpaired) electrons. The first-order chi connectivity index (χ1) is 8.46. The van der Waals surface area contributed by atoms with Crippen LogP contribution in [0.15, 0.2) is 29.1 Å². The van der Waals surface area contributed by atoms with Gasteiger partial charge in [0.1, 0.15) is 5.82 Å². The molecular formula is C11H9FN2O3S. The van der Waals surface area contributed by atoms with Crippen molar-refractivity contribution in [3.05, 3.63) is 51.7 Å². The summed E-state index contributed by atoms with van der Waals surface area (Å²) in [4.78, 5) is 11.6. The van der Waals surface area contributed by atoms with Gasteiger partial charge in [-0.05, 0) is 24.3 Å². The Balaban J connectivity index is 2.19. The molecule has 5 nitrogen and oxygen atoms in total. The van der Waals surface area contributed by atoms with Crippen molar-refractivity contribution in [2.24, 2.45) is 0 Å². The van der Waals surface area contributed by atoms with Gasteiger partial charge < -0.3 is 0 Å². The van der Waals surface area contributed by atoms with Gasteiger partial charge in [-0.1, -0.05) is 0 Å². The van der Waals surface area contributed by atoms with Crippen molar-refractivity contribution in [1.82, 2.24) is 9.78 Å². The summed E-state index contributed by atoms with van der Waals surface area (Å²) in [7, 11) is -3.24. The van der Waals surface area contributed by atoms with Crippen molar-refractivity contribution in [2.75, 3.05) is 0 Å². The monoisotopic (exact) mass is 268 g/mol. The Morgan fingerprint density at radius 2 is 1.83 bits per heavy atom. The number of aromatic nitrogens is 2. The van der Waals surface area contributed by atoms with Gasteiger partial charge >= 0.3 is 0 Å². The van der Waals surface area contributed by atoms with Gasteiger partial charge in [-0.3, -0.25) is 14.6 Å². The van der Waals surface area contributed by atoms with Crippen molar-refractivity contribution in [3.8, 4) is 5.69 Å². The topological polar surface area (TPSA) is 71.9 Å². The van der Waals surface area contributed by atoms with E-state index in [9.17, 15) is 17.6 Å². The lowest BCUT2D eigenvalue weighted by Gasteiger charge is -2.05. The normalized spacial score (nSPS) is 16.7. The van der Waals surface area contributed by atoms with Gasteiger partial charge in [-0.15, -0.1) is 0 Å². The molecule has 0 aliphatic carbocycles. The molecule has 0 saturated carbocycles. The van der Waals surface area contributed by atoms with Crippen LogP contribution < -0.4 is 5.56 Å². The number of hydrogen-bond acceptors (Lipinski definition) is 3. The molecule has 18 heavy (non-hydrogen) atoms. The number of halogens is 1. The Bertz CT molecular complexity index is 772. The lowest BCUT2D eigenvalue weighted by molar-refractivity contribution is 0.596. The summed E-state index contributed by atoms with van der Waals surface area (Å²) in [6, 6.07) is 5.47. The number of H-pyrrole nitrogens is 1. The molecular weight excluding hydrogens is 259 g/mol. The highest BCUT2D eigenvalue weighted by Gasteiger charge is 2.31. The summed E-state index contributed by atoms with van der Waals surface area (Å²) in [5.74, 6) is -0.790. The van der Waals surface area contributed by atoms with E-state index >= 15 is 0 Å². The minimum Gasteiger partial charge on any atom is -0.268 e. The van der Waals surface area contributed by atoms with E-state index in [1.807, 2.05) is 0 Å². The minimum atomic E-state index is -3.24. The first-order valence-electron chi connectivity index (χ1n) is 5.25. The fraction of sp³-hybridized carbons (Fsp3) is 0.182. The molecule has 2 aromatic rings. The zero-order chi connectivity index (χ0) is 12.9. The summed E-state index contributed by atoms with van der Waals surface area (Å²) in [5, 5.41) is 2.56. The molecule has 0 bridgehead atoms. The van der Waals surface area contributed by atoms with Crippen LogP contribution in [0, 0.1) is 5.82 Å². The number of aromatic amines is 1. The van der Waals surface area contributed by atoms with E-state index in [-0.39, 0.29) is 17.1 Å². The minimum absolute atomic E-state index is 0.168. The van der Waals surface area contributed by atoms with Crippen LogP contribution in [0.2, 0.25) is 0 Å². The highest BCUT2D eigenvalue weighted by atomic mass is 32.2. The van der Waals surface area contributed by atoms with Crippen LogP contribution in [-0.2, 0) is 21.3 Å². The maximum Gasteiger partial charge on any atom is 0.268 e. The number of rotatable bonds is 1. The van der Waals surface area contributed by atoms with Gasteiger partial charge in [0, 0.05) is 0 Å². The van der Waals surface area contributed by atoms with E-state index in [0.717, 1.165) is 0 Å². The lowest BCUT2D eigenvalue weighted by atomic mass is 10.2. The summed E-state index contributed by atoms with van der Waals surface area (Å²) < 4.78 is 37.3. The van der Waals surface area contributed by atoms with Crippen molar-refractivity contribution in [3.63, 3.8) is 0 Å². The number of fused-ring (bicyclic) bond motifs is 1. The average Bonchev–Trinajstić information content (AvgIpc) is 2.76. The largest absolute Gasteiger partial charge is 0.268 e. The maximum absolute atomic E-state index is 12.8. The number of hydrogen-bond donors (Lipinski definition) is 1. The fourth-order valence-electron chi connectivity index (χ4n) is 2.09. The number of sulfone groups is 1. The summed E-state index contributed by atoms with van der Waals surface area (Å²) in [6.45, 7) is 0. The van der Waals surface area contributed by atoms with Crippen molar-refractivity contribution >= 4 is 9.84 Å². The van der Waals surface area contributed by atoms with Gasteiger partial charge in [0.15, 0.2) is 9.84 Å². The third-order valence-electron chi connectivity index (χ3n) is 2.91. The highest BCUT2D eigenvalue weighted by Crippen LogP contribution is 2.24. The molecule has 94 valence electrons. The van der Waals surface area contributed by atoms with Gasteiger partial charge in [0.2, 0.25) is 0 Å². The molecule has 0 unspecified atom stereocenters. The third kappa shape index (κ3) is 1.67. The highest BCUT2D eigenvalue weighted by molar-refractivity contribution is 7.90. The summed E-state index contributed by atoms with van der Waals surface area (Å²) >= 11 is 0. The third-order valence-corrected chi connectivity index (χ3v) is 4.35. The Hall–Kier alpha value is -1.89. The molecule has 1 aliphatic heterocycles. The predicted octanol–water partition coefficient (Wildman–Crippen LogP) is 0.733. The van der Waals surface area contributed by atoms with Crippen LogP contribution in [0.1, 0.15) is 11.3 Å². The van der Waals surface area contributed by atoms with Gasteiger partial charge in [0.05, 0.1) is 28.5 Å². The smallest absolute Gasteiger partial charge is 0.268 e. The maximum atomic E-state index is 12.8. The SMILES string of the molecule is O=c1[nH]n(-c2ccc(F)cc2)c2c1CS(=O)(=O)C2. The lowest BCUT2D eigenvalue weighted by Crippen LogP contribution is -2.11. The van der Waals surface area contributed by atoms with Crippen molar-refractivity contribution in [2.45, 2.75) is 11.5 Å².